The SMILES string of the molecule is Cc1nc2ccccc2n1-c1ccc(NC2=CC(=O)N(CCO)C2=O)cc1. The molecule has 0 spiro atoms. The molecule has 0 atom stereocenters. The van der Waals surface area contributed by atoms with Crippen molar-refractivity contribution < 1.29 is 14.7 Å². The van der Waals surface area contributed by atoms with Gasteiger partial charge in [0.25, 0.3) is 11.8 Å². The van der Waals surface area contributed by atoms with Gasteiger partial charge in [0.05, 0.1) is 24.2 Å². The molecule has 136 valence electrons. The molecule has 0 saturated carbocycles. The molecule has 2 heterocycles. The zero-order valence-corrected chi connectivity index (χ0v) is 14.7. The minimum atomic E-state index is -0.436. The molecule has 1 aromatic heterocycles. The Balaban J connectivity index is 1.58. The maximum absolute atomic E-state index is 12.2. The number of imidazole rings is 1. The van der Waals surface area contributed by atoms with Gasteiger partial charge in [-0.3, -0.25) is 19.1 Å². The van der Waals surface area contributed by atoms with E-state index in [-0.39, 0.29) is 18.8 Å². The highest BCUT2D eigenvalue weighted by Crippen LogP contribution is 2.23. The first-order valence-corrected chi connectivity index (χ1v) is 8.58. The number of aryl methyl sites for hydroxylation is 1. The molecule has 0 aliphatic carbocycles. The van der Waals surface area contributed by atoms with Crippen LogP contribution in [0.2, 0.25) is 0 Å². The van der Waals surface area contributed by atoms with Crippen LogP contribution in [0.5, 0.6) is 0 Å². The number of rotatable bonds is 5. The molecule has 0 radical (unpaired) electrons. The molecule has 0 unspecified atom stereocenters. The zero-order chi connectivity index (χ0) is 19.0. The third-order valence-corrected chi connectivity index (χ3v) is 4.47. The molecule has 7 nitrogen and oxygen atoms in total. The summed E-state index contributed by atoms with van der Waals surface area (Å²) in [5.74, 6) is 0.0269. The highest BCUT2D eigenvalue weighted by Gasteiger charge is 2.30. The van der Waals surface area contributed by atoms with Crippen LogP contribution < -0.4 is 5.32 Å². The van der Waals surface area contributed by atoms with Gasteiger partial charge < -0.3 is 10.4 Å². The van der Waals surface area contributed by atoms with Gasteiger partial charge in [-0.25, -0.2) is 4.98 Å². The maximum atomic E-state index is 12.2. The molecule has 0 fully saturated rings. The van der Waals surface area contributed by atoms with Crippen LogP contribution in [-0.2, 0) is 9.59 Å². The van der Waals surface area contributed by atoms with Crippen molar-refractivity contribution in [1.29, 1.82) is 0 Å². The van der Waals surface area contributed by atoms with Gasteiger partial charge in [-0.05, 0) is 43.3 Å². The highest BCUT2D eigenvalue weighted by atomic mass is 16.3. The molecule has 4 rings (SSSR count). The van der Waals surface area contributed by atoms with Gasteiger partial charge in [0.15, 0.2) is 0 Å². The lowest BCUT2D eigenvalue weighted by Gasteiger charge is -2.14. The molecule has 2 amide bonds. The summed E-state index contributed by atoms with van der Waals surface area (Å²) < 4.78 is 2.06. The first kappa shape index (κ1) is 17.0. The van der Waals surface area contributed by atoms with Crippen LogP contribution in [0.3, 0.4) is 0 Å². The lowest BCUT2D eigenvalue weighted by Crippen LogP contribution is -2.34. The van der Waals surface area contributed by atoms with Crippen molar-refractivity contribution in [2.45, 2.75) is 6.92 Å². The number of aliphatic hydroxyl groups excluding tert-OH is 1. The summed E-state index contributed by atoms with van der Waals surface area (Å²) in [4.78, 5) is 29.6. The van der Waals surface area contributed by atoms with Gasteiger partial charge in [-0.2, -0.15) is 0 Å². The van der Waals surface area contributed by atoms with Crippen molar-refractivity contribution in [3.05, 3.63) is 66.1 Å². The number of carbonyl (C=O) groups is 2. The average Bonchev–Trinajstić information content (AvgIpc) is 3.13. The Kier molecular flexibility index (Phi) is 4.21. The highest BCUT2D eigenvalue weighted by molar-refractivity contribution is 6.17. The smallest absolute Gasteiger partial charge is 0.277 e. The molecule has 3 aromatic rings. The third kappa shape index (κ3) is 2.98. The van der Waals surface area contributed by atoms with E-state index in [1.165, 1.54) is 6.08 Å². The van der Waals surface area contributed by atoms with Crippen molar-refractivity contribution in [1.82, 2.24) is 14.5 Å². The molecule has 0 bridgehead atoms. The van der Waals surface area contributed by atoms with Gasteiger partial charge in [-0.1, -0.05) is 12.1 Å². The minimum absolute atomic E-state index is 0.00867. The van der Waals surface area contributed by atoms with Gasteiger partial charge in [0.1, 0.15) is 11.5 Å². The van der Waals surface area contributed by atoms with E-state index >= 15 is 0 Å². The fourth-order valence-corrected chi connectivity index (χ4v) is 3.23. The topological polar surface area (TPSA) is 87.5 Å². The maximum Gasteiger partial charge on any atom is 0.277 e. The summed E-state index contributed by atoms with van der Waals surface area (Å²) in [6.45, 7) is 1.69. The number of para-hydroxylation sites is 2. The fourth-order valence-electron chi connectivity index (χ4n) is 3.23. The average molecular weight is 362 g/mol. The number of aliphatic hydroxyl groups is 1. The van der Waals surface area contributed by atoms with E-state index < -0.39 is 11.8 Å². The van der Waals surface area contributed by atoms with E-state index in [9.17, 15) is 9.59 Å². The number of β-amino-alcohol motifs (C(OH)–C–C–N with tert-alkyl or cyclic N) is 1. The van der Waals surface area contributed by atoms with Crippen LogP contribution in [0, 0.1) is 6.92 Å². The molecule has 7 heteroatoms. The number of hydrogen-bond acceptors (Lipinski definition) is 5. The Hall–Kier alpha value is -3.45. The van der Waals surface area contributed by atoms with Crippen LogP contribution in [0.15, 0.2) is 60.3 Å². The first-order valence-electron chi connectivity index (χ1n) is 8.58. The van der Waals surface area contributed by atoms with Gasteiger partial charge in [0.2, 0.25) is 0 Å². The van der Waals surface area contributed by atoms with Crippen LogP contribution in [0.1, 0.15) is 5.82 Å². The third-order valence-electron chi connectivity index (χ3n) is 4.47. The Morgan fingerprint density at radius 3 is 2.56 bits per heavy atom. The van der Waals surface area contributed by atoms with E-state index in [0.29, 0.717) is 5.69 Å². The molecule has 1 aliphatic rings. The van der Waals surface area contributed by atoms with Crippen LogP contribution in [-0.4, -0.2) is 44.5 Å². The lowest BCUT2D eigenvalue weighted by molar-refractivity contribution is -0.137. The quantitative estimate of drug-likeness (QED) is 0.678. The van der Waals surface area contributed by atoms with Crippen molar-refractivity contribution in [2.24, 2.45) is 0 Å². The molecular formula is C20H18N4O3. The number of anilines is 1. The molecule has 0 saturated heterocycles. The summed E-state index contributed by atoms with van der Waals surface area (Å²) in [6.07, 6.45) is 1.25. The van der Waals surface area contributed by atoms with Crippen molar-refractivity contribution in [2.75, 3.05) is 18.5 Å². The van der Waals surface area contributed by atoms with E-state index in [4.69, 9.17) is 5.11 Å². The summed E-state index contributed by atoms with van der Waals surface area (Å²) in [6, 6.07) is 15.5. The number of imide groups is 1. The summed E-state index contributed by atoms with van der Waals surface area (Å²) >= 11 is 0. The monoisotopic (exact) mass is 362 g/mol. The number of nitrogens with zero attached hydrogens (tertiary/aromatic N) is 3. The van der Waals surface area contributed by atoms with Crippen LogP contribution in [0.4, 0.5) is 5.69 Å². The van der Waals surface area contributed by atoms with Crippen molar-refractivity contribution in [3.63, 3.8) is 0 Å². The van der Waals surface area contributed by atoms with E-state index in [2.05, 4.69) is 14.9 Å². The summed E-state index contributed by atoms with van der Waals surface area (Å²) in [5.41, 5.74) is 3.80. The standard InChI is InChI=1S/C20H18N4O3/c1-13-21-16-4-2-3-5-18(16)24(13)15-8-6-14(7-9-15)22-17-12-19(26)23(10-11-25)20(17)27/h2-9,12,22,25H,10-11H2,1H3. The number of nitrogens with one attached hydrogen (secondary N) is 1. The molecule has 27 heavy (non-hydrogen) atoms. The molecule has 2 aromatic carbocycles. The Morgan fingerprint density at radius 2 is 1.81 bits per heavy atom. The van der Waals surface area contributed by atoms with E-state index in [1.807, 2.05) is 55.5 Å². The molecule has 1 aliphatic heterocycles. The predicted molar refractivity (Wildman–Crippen MR) is 101 cm³/mol. The molecular weight excluding hydrogens is 344 g/mol. The van der Waals surface area contributed by atoms with Crippen LogP contribution >= 0.6 is 0 Å². The number of hydrogen-bond donors (Lipinski definition) is 2. The molecule has 2 N–H and O–H groups in total. The number of amides is 2. The summed E-state index contributed by atoms with van der Waals surface area (Å²) in [7, 11) is 0. The van der Waals surface area contributed by atoms with Crippen LogP contribution in [0.25, 0.3) is 16.7 Å². The lowest BCUT2D eigenvalue weighted by atomic mass is 10.2. The van der Waals surface area contributed by atoms with Gasteiger partial charge in [-0.15, -0.1) is 0 Å². The van der Waals surface area contributed by atoms with E-state index in [1.54, 1.807) is 0 Å². The van der Waals surface area contributed by atoms with Gasteiger partial charge in [0, 0.05) is 17.5 Å². The second-order valence-corrected chi connectivity index (χ2v) is 6.23. The predicted octanol–water partition coefficient (Wildman–Crippen LogP) is 1.99. The second kappa shape index (κ2) is 6.69. The largest absolute Gasteiger partial charge is 0.395 e. The minimum Gasteiger partial charge on any atom is -0.395 e. The van der Waals surface area contributed by atoms with Crippen molar-refractivity contribution in [3.8, 4) is 5.69 Å². The zero-order valence-electron chi connectivity index (χ0n) is 14.7. The number of aromatic nitrogens is 2. The number of carbonyl (C=O) groups excluding carboxylic acids is 2. The van der Waals surface area contributed by atoms with E-state index in [0.717, 1.165) is 27.4 Å². The summed E-state index contributed by atoms with van der Waals surface area (Å²) in [5, 5.41) is 11.9. The number of benzene rings is 2. The van der Waals surface area contributed by atoms with Crippen molar-refractivity contribution >= 4 is 28.5 Å². The first-order chi connectivity index (χ1) is 13.1. The number of fused-ring (bicyclic) bond motifs is 1. The Morgan fingerprint density at radius 1 is 1.07 bits per heavy atom. The second-order valence-electron chi connectivity index (χ2n) is 6.23. The Bertz CT molecular complexity index is 1070. The van der Waals surface area contributed by atoms with Gasteiger partial charge >= 0.3 is 0 Å². The normalized spacial score (nSPS) is 14.1. The fraction of sp³-hybridized carbons (Fsp3) is 0.150. The Labute approximate surface area is 155 Å².